The average Bonchev–Trinajstić information content (AvgIpc) is 2.54. The molecule has 0 spiro atoms. The summed E-state index contributed by atoms with van der Waals surface area (Å²) in [5.74, 6) is 0.294. The van der Waals surface area contributed by atoms with Crippen LogP contribution in [0.1, 0.15) is 61.9 Å². The maximum atomic E-state index is 11.3. The number of nitrogens with one attached hydrogen (secondary N) is 1. The van der Waals surface area contributed by atoms with E-state index in [2.05, 4.69) is 4.98 Å². The molecule has 126 valence electrons. The molecule has 0 unspecified atom stereocenters. The second-order valence-electron chi connectivity index (χ2n) is 6.54. The van der Waals surface area contributed by atoms with Crippen molar-refractivity contribution >= 4 is 11.4 Å². The fourth-order valence-electron chi connectivity index (χ4n) is 2.85. The number of aromatic nitrogens is 1. The Labute approximate surface area is 142 Å². The second-order valence-corrected chi connectivity index (χ2v) is 6.54. The number of rotatable bonds is 6. The van der Waals surface area contributed by atoms with E-state index in [4.69, 9.17) is 5.41 Å². The predicted molar refractivity (Wildman–Crippen MR) is 96.0 cm³/mol. The van der Waals surface area contributed by atoms with Crippen molar-refractivity contribution in [1.82, 2.24) is 4.98 Å². The van der Waals surface area contributed by atoms with Crippen molar-refractivity contribution in [3.63, 3.8) is 0 Å². The molecule has 0 aliphatic rings. The van der Waals surface area contributed by atoms with Gasteiger partial charge >= 0.3 is 0 Å². The summed E-state index contributed by atoms with van der Waals surface area (Å²) in [5, 5.41) is 19.6. The minimum Gasteiger partial charge on any atom is -0.303 e. The molecule has 5 nitrogen and oxygen atoms in total. The Balaban J connectivity index is 2.54. The van der Waals surface area contributed by atoms with Gasteiger partial charge in [0.25, 0.3) is 5.69 Å². The van der Waals surface area contributed by atoms with Crippen LogP contribution in [0.4, 0.5) is 5.69 Å². The lowest BCUT2D eigenvalue weighted by Crippen LogP contribution is -2.12. The van der Waals surface area contributed by atoms with Crippen LogP contribution in [-0.4, -0.2) is 15.6 Å². The zero-order valence-electron chi connectivity index (χ0n) is 14.5. The molecule has 0 fully saturated rings. The Morgan fingerprint density at radius 2 is 1.75 bits per heavy atom. The standard InChI is InChI=1S/C19H23N3O2/c1-12(2)15-9-14(22(23)24)10-16(13(3)4)17(15)11-18(20)19-7-5-6-8-21-19/h5-10,12-13,20H,11H2,1-4H3. The lowest BCUT2D eigenvalue weighted by molar-refractivity contribution is -0.385. The number of non-ortho nitro benzene ring substituents is 1. The number of nitro groups is 1. The minimum absolute atomic E-state index is 0.121. The first kappa shape index (κ1) is 17.8. The Kier molecular flexibility index (Phi) is 5.44. The van der Waals surface area contributed by atoms with Gasteiger partial charge in [0.1, 0.15) is 0 Å². The molecule has 0 aliphatic heterocycles. The van der Waals surface area contributed by atoms with Gasteiger partial charge in [-0.1, -0.05) is 33.8 Å². The number of nitro benzene ring substituents is 1. The van der Waals surface area contributed by atoms with Gasteiger partial charge in [0.05, 0.1) is 16.3 Å². The Morgan fingerprint density at radius 3 is 2.17 bits per heavy atom. The molecular formula is C19H23N3O2. The first-order chi connectivity index (χ1) is 11.3. The number of hydrogen-bond acceptors (Lipinski definition) is 4. The molecule has 0 aliphatic carbocycles. The molecule has 0 saturated carbocycles. The number of benzene rings is 1. The fraction of sp³-hybridized carbons (Fsp3) is 0.368. The van der Waals surface area contributed by atoms with E-state index in [0.29, 0.717) is 17.8 Å². The molecule has 1 aromatic heterocycles. The van der Waals surface area contributed by atoms with Gasteiger partial charge in [-0.15, -0.1) is 0 Å². The van der Waals surface area contributed by atoms with E-state index in [9.17, 15) is 10.1 Å². The molecular weight excluding hydrogens is 302 g/mol. The third-order valence-electron chi connectivity index (χ3n) is 4.09. The quantitative estimate of drug-likeness (QED) is 0.468. The fourth-order valence-corrected chi connectivity index (χ4v) is 2.85. The summed E-state index contributed by atoms with van der Waals surface area (Å²) in [6, 6.07) is 8.80. The van der Waals surface area contributed by atoms with Gasteiger partial charge in [0.15, 0.2) is 0 Å². The van der Waals surface area contributed by atoms with Gasteiger partial charge in [-0.25, -0.2) is 0 Å². The first-order valence-electron chi connectivity index (χ1n) is 8.11. The van der Waals surface area contributed by atoms with E-state index >= 15 is 0 Å². The number of hydrogen-bond donors (Lipinski definition) is 1. The maximum Gasteiger partial charge on any atom is 0.270 e. The number of pyridine rings is 1. The van der Waals surface area contributed by atoms with Crippen molar-refractivity contribution in [2.75, 3.05) is 0 Å². The summed E-state index contributed by atoms with van der Waals surface area (Å²) in [5.41, 5.74) is 4.08. The van der Waals surface area contributed by atoms with Crippen molar-refractivity contribution in [1.29, 1.82) is 5.41 Å². The summed E-state index contributed by atoms with van der Waals surface area (Å²) < 4.78 is 0. The van der Waals surface area contributed by atoms with Crippen LogP contribution >= 0.6 is 0 Å². The van der Waals surface area contributed by atoms with E-state index < -0.39 is 0 Å². The van der Waals surface area contributed by atoms with Crippen molar-refractivity contribution in [3.8, 4) is 0 Å². The van der Waals surface area contributed by atoms with Crippen molar-refractivity contribution in [3.05, 3.63) is 69.0 Å². The zero-order valence-corrected chi connectivity index (χ0v) is 14.5. The van der Waals surface area contributed by atoms with Crippen LogP contribution in [0.25, 0.3) is 0 Å². The van der Waals surface area contributed by atoms with Crippen LogP contribution in [0.3, 0.4) is 0 Å². The summed E-state index contributed by atoms with van der Waals surface area (Å²) in [4.78, 5) is 15.2. The topological polar surface area (TPSA) is 79.9 Å². The third kappa shape index (κ3) is 3.85. The molecule has 0 radical (unpaired) electrons. The highest BCUT2D eigenvalue weighted by atomic mass is 16.6. The molecule has 2 aromatic rings. The molecule has 0 atom stereocenters. The van der Waals surface area contributed by atoms with Gasteiger partial charge in [-0.3, -0.25) is 15.1 Å². The van der Waals surface area contributed by atoms with Gasteiger partial charge in [0.2, 0.25) is 0 Å². The molecule has 5 heteroatoms. The number of nitrogens with zero attached hydrogens (tertiary/aromatic N) is 2. The SMILES string of the molecule is CC(C)c1cc([N+](=O)[O-])cc(C(C)C)c1CC(=N)c1ccccn1. The molecule has 0 amide bonds. The van der Waals surface area contributed by atoms with Crippen LogP contribution in [0.15, 0.2) is 36.5 Å². The lowest BCUT2D eigenvalue weighted by Gasteiger charge is -2.20. The normalized spacial score (nSPS) is 11.1. The summed E-state index contributed by atoms with van der Waals surface area (Å²) in [6.07, 6.45) is 2.10. The predicted octanol–water partition coefficient (Wildman–Crippen LogP) is 4.85. The highest BCUT2D eigenvalue weighted by Gasteiger charge is 2.21. The Bertz CT molecular complexity index is 723. The monoisotopic (exact) mass is 325 g/mol. The van der Waals surface area contributed by atoms with E-state index in [1.165, 1.54) is 0 Å². The van der Waals surface area contributed by atoms with Crippen LogP contribution in [0, 0.1) is 15.5 Å². The van der Waals surface area contributed by atoms with Crippen LogP contribution in [0.5, 0.6) is 0 Å². The molecule has 0 saturated heterocycles. The third-order valence-corrected chi connectivity index (χ3v) is 4.09. The van der Waals surface area contributed by atoms with E-state index in [0.717, 1.165) is 16.7 Å². The highest BCUT2D eigenvalue weighted by Crippen LogP contribution is 2.33. The van der Waals surface area contributed by atoms with E-state index in [1.54, 1.807) is 18.3 Å². The molecule has 1 aromatic carbocycles. The second kappa shape index (κ2) is 7.34. The van der Waals surface area contributed by atoms with Crippen LogP contribution in [-0.2, 0) is 6.42 Å². The molecule has 1 N–H and O–H groups in total. The molecule has 1 heterocycles. The summed E-state index contributed by atoms with van der Waals surface area (Å²) >= 11 is 0. The van der Waals surface area contributed by atoms with Gasteiger partial charge in [-0.2, -0.15) is 0 Å². The highest BCUT2D eigenvalue weighted by molar-refractivity contribution is 5.98. The first-order valence-corrected chi connectivity index (χ1v) is 8.11. The van der Waals surface area contributed by atoms with Crippen molar-refractivity contribution in [2.24, 2.45) is 0 Å². The molecule has 0 bridgehead atoms. The molecule has 24 heavy (non-hydrogen) atoms. The van der Waals surface area contributed by atoms with Crippen molar-refractivity contribution in [2.45, 2.75) is 46.0 Å². The summed E-state index contributed by atoms with van der Waals surface area (Å²) in [7, 11) is 0. The Morgan fingerprint density at radius 1 is 1.17 bits per heavy atom. The zero-order chi connectivity index (χ0) is 17.9. The van der Waals surface area contributed by atoms with E-state index in [-0.39, 0.29) is 22.4 Å². The molecule has 2 rings (SSSR count). The van der Waals surface area contributed by atoms with Crippen LogP contribution < -0.4 is 0 Å². The smallest absolute Gasteiger partial charge is 0.270 e. The van der Waals surface area contributed by atoms with Gasteiger partial charge in [0, 0.05) is 24.8 Å². The Hall–Kier alpha value is -2.56. The van der Waals surface area contributed by atoms with E-state index in [1.807, 2.05) is 45.9 Å². The lowest BCUT2D eigenvalue weighted by atomic mass is 9.85. The summed E-state index contributed by atoms with van der Waals surface area (Å²) in [6.45, 7) is 8.10. The largest absolute Gasteiger partial charge is 0.303 e. The van der Waals surface area contributed by atoms with Gasteiger partial charge < -0.3 is 5.41 Å². The maximum absolute atomic E-state index is 11.3. The van der Waals surface area contributed by atoms with Gasteiger partial charge in [-0.05, 0) is 40.7 Å². The minimum atomic E-state index is -0.342. The average molecular weight is 325 g/mol. The van der Waals surface area contributed by atoms with Crippen LogP contribution in [0.2, 0.25) is 0 Å². The van der Waals surface area contributed by atoms with Crippen molar-refractivity contribution < 1.29 is 4.92 Å².